The summed E-state index contributed by atoms with van der Waals surface area (Å²) in [6.07, 6.45) is 3.25. The van der Waals surface area contributed by atoms with E-state index < -0.39 is 5.66 Å². The minimum absolute atomic E-state index is 0.162. The third-order valence-electron chi connectivity index (χ3n) is 5.47. The van der Waals surface area contributed by atoms with Crippen LogP contribution in [0.15, 0.2) is 84.0 Å². The number of rotatable bonds is 4. The molecule has 1 spiro atoms. The molecule has 3 heterocycles. The van der Waals surface area contributed by atoms with Gasteiger partial charge in [0.1, 0.15) is 5.76 Å². The average Bonchev–Trinajstić information content (AvgIpc) is 3.33. The van der Waals surface area contributed by atoms with Crippen LogP contribution in [0.4, 0.5) is 11.4 Å². The van der Waals surface area contributed by atoms with Crippen molar-refractivity contribution in [3.63, 3.8) is 0 Å². The topological polar surface area (TPSA) is 65.8 Å². The van der Waals surface area contributed by atoms with E-state index in [9.17, 15) is 9.59 Å². The SMILES string of the molecule is C=CCN1C(=O)C2(Nc3ccccc3C(=O)N2Cc2ccco2)c2ccccc21. The van der Waals surface area contributed by atoms with Crippen LogP contribution in [0, 0.1) is 0 Å². The second-order valence-electron chi connectivity index (χ2n) is 7.07. The smallest absolute Gasteiger partial charge is 0.279 e. The van der Waals surface area contributed by atoms with Gasteiger partial charge in [0.2, 0.25) is 5.66 Å². The van der Waals surface area contributed by atoms with Crippen molar-refractivity contribution in [2.24, 2.45) is 0 Å². The van der Waals surface area contributed by atoms with Crippen LogP contribution in [-0.2, 0) is 17.0 Å². The lowest BCUT2D eigenvalue weighted by atomic mass is 9.93. The molecule has 6 heteroatoms. The fourth-order valence-electron chi connectivity index (χ4n) is 4.21. The standard InChI is InChI=1S/C23H19N3O3/c1-2-13-25-20-12-6-4-10-18(20)23(22(25)28)24-19-11-5-3-9-17(19)21(27)26(23)15-16-8-7-14-29-16/h2-12,14,24H,1,13,15H2. The predicted molar refractivity (Wildman–Crippen MR) is 109 cm³/mol. The third kappa shape index (κ3) is 2.35. The van der Waals surface area contributed by atoms with Gasteiger partial charge < -0.3 is 14.6 Å². The summed E-state index contributed by atoms with van der Waals surface area (Å²) in [5, 5.41) is 3.40. The van der Waals surface area contributed by atoms with Crippen molar-refractivity contribution in [3.8, 4) is 0 Å². The Morgan fingerprint density at radius 2 is 1.83 bits per heavy atom. The molecule has 2 aromatic carbocycles. The van der Waals surface area contributed by atoms with Gasteiger partial charge in [-0.25, -0.2) is 0 Å². The quantitative estimate of drug-likeness (QED) is 0.695. The first-order valence-electron chi connectivity index (χ1n) is 9.41. The van der Waals surface area contributed by atoms with Gasteiger partial charge in [-0.2, -0.15) is 0 Å². The van der Waals surface area contributed by atoms with Gasteiger partial charge in [-0.15, -0.1) is 6.58 Å². The first kappa shape index (κ1) is 17.3. The first-order valence-corrected chi connectivity index (χ1v) is 9.41. The number of carbonyl (C=O) groups excluding carboxylic acids is 2. The minimum atomic E-state index is -1.35. The molecule has 1 atom stereocenters. The van der Waals surface area contributed by atoms with Crippen molar-refractivity contribution in [2.75, 3.05) is 16.8 Å². The lowest BCUT2D eigenvalue weighted by molar-refractivity contribution is -0.127. The zero-order valence-corrected chi connectivity index (χ0v) is 15.7. The number of benzene rings is 2. The minimum Gasteiger partial charge on any atom is -0.467 e. The van der Waals surface area contributed by atoms with Crippen LogP contribution >= 0.6 is 0 Å². The molecule has 2 amide bonds. The Labute approximate surface area is 168 Å². The molecule has 2 aliphatic heterocycles. The Morgan fingerprint density at radius 1 is 1.03 bits per heavy atom. The van der Waals surface area contributed by atoms with Crippen LogP contribution in [0.25, 0.3) is 0 Å². The van der Waals surface area contributed by atoms with Crippen LogP contribution in [0.5, 0.6) is 0 Å². The van der Waals surface area contributed by atoms with Gasteiger partial charge in [-0.05, 0) is 30.3 Å². The summed E-state index contributed by atoms with van der Waals surface area (Å²) in [6, 6.07) is 18.4. The van der Waals surface area contributed by atoms with Crippen molar-refractivity contribution < 1.29 is 14.0 Å². The molecule has 1 aromatic heterocycles. The van der Waals surface area contributed by atoms with E-state index in [1.54, 1.807) is 40.3 Å². The van der Waals surface area contributed by atoms with E-state index in [2.05, 4.69) is 11.9 Å². The van der Waals surface area contributed by atoms with Crippen molar-refractivity contribution in [1.29, 1.82) is 0 Å². The van der Waals surface area contributed by atoms with Crippen LogP contribution in [-0.4, -0.2) is 23.3 Å². The summed E-state index contributed by atoms with van der Waals surface area (Å²) in [7, 11) is 0. The van der Waals surface area contributed by atoms with E-state index in [0.29, 0.717) is 23.6 Å². The van der Waals surface area contributed by atoms with Gasteiger partial charge in [-0.3, -0.25) is 14.5 Å². The zero-order chi connectivity index (χ0) is 20.0. The number of anilines is 2. The normalized spacial score (nSPS) is 19.9. The molecule has 0 saturated carbocycles. The summed E-state index contributed by atoms with van der Waals surface area (Å²) in [6.45, 7) is 4.30. The van der Waals surface area contributed by atoms with E-state index in [1.807, 2.05) is 42.5 Å². The van der Waals surface area contributed by atoms with Crippen LogP contribution in [0.1, 0.15) is 21.7 Å². The number of hydrogen-bond donors (Lipinski definition) is 1. The molecule has 3 aromatic rings. The summed E-state index contributed by atoms with van der Waals surface area (Å²) < 4.78 is 5.51. The number of para-hydroxylation sites is 2. The molecular formula is C23H19N3O3. The van der Waals surface area contributed by atoms with E-state index in [4.69, 9.17) is 4.42 Å². The van der Waals surface area contributed by atoms with Crippen molar-refractivity contribution >= 4 is 23.2 Å². The number of furan rings is 1. The maximum atomic E-state index is 13.8. The summed E-state index contributed by atoms with van der Waals surface area (Å²) in [5.41, 5.74) is 1.31. The Morgan fingerprint density at radius 3 is 2.62 bits per heavy atom. The molecule has 1 unspecified atom stereocenters. The number of nitrogens with zero attached hydrogens (tertiary/aromatic N) is 2. The lowest BCUT2D eigenvalue weighted by Crippen LogP contribution is -2.62. The molecule has 144 valence electrons. The largest absolute Gasteiger partial charge is 0.467 e. The van der Waals surface area contributed by atoms with E-state index >= 15 is 0 Å². The second-order valence-corrected chi connectivity index (χ2v) is 7.07. The number of hydrogen-bond acceptors (Lipinski definition) is 4. The second kappa shape index (κ2) is 6.38. The number of carbonyl (C=O) groups is 2. The Bertz CT molecular complexity index is 1120. The highest BCUT2D eigenvalue weighted by molar-refractivity contribution is 6.15. The maximum absolute atomic E-state index is 13.8. The molecular weight excluding hydrogens is 366 g/mol. The molecule has 5 rings (SSSR count). The van der Waals surface area contributed by atoms with Gasteiger partial charge in [0, 0.05) is 17.8 Å². The van der Waals surface area contributed by atoms with Crippen LogP contribution < -0.4 is 10.2 Å². The third-order valence-corrected chi connectivity index (χ3v) is 5.47. The summed E-state index contributed by atoms with van der Waals surface area (Å²) in [5.74, 6) is 0.165. The summed E-state index contributed by atoms with van der Waals surface area (Å²) >= 11 is 0. The molecule has 2 aliphatic rings. The Kier molecular flexibility index (Phi) is 3.81. The molecule has 6 nitrogen and oxygen atoms in total. The monoisotopic (exact) mass is 385 g/mol. The number of nitrogens with one attached hydrogen (secondary N) is 1. The highest BCUT2D eigenvalue weighted by atomic mass is 16.3. The molecule has 1 N–H and O–H groups in total. The fraction of sp³-hybridized carbons (Fsp3) is 0.130. The van der Waals surface area contributed by atoms with Crippen LogP contribution in [0.3, 0.4) is 0 Å². The van der Waals surface area contributed by atoms with Gasteiger partial charge in [0.15, 0.2) is 0 Å². The maximum Gasteiger partial charge on any atom is 0.279 e. The highest BCUT2D eigenvalue weighted by Gasteiger charge is 2.58. The van der Waals surface area contributed by atoms with Crippen molar-refractivity contribution in [1.82, 2.24) is 4.90 Å². The Balaban J connectivity index is 1.75. The Hall–Kier alpha value is -3.80. The molecule has 0 aliphatic carbocycles. The lowest BCUT2D eigenvalue weighted by Gasteiger charge is -2.44. The summed E-state index contributed by atoms with van der Waals surface area (Å²) in [4.78, 5) is 30.6. The zero-order valence-electron chi connectivity index (χ0n) is 15.7. The first-order chi connectivity index (χ1) is 14.2. The molecule has 0 bridgehead atoms. The predicted octanol–water partition coefficient (Wildman–Crippen LogP) is 3.73. The number of fused-ring (bicyclic) bond motifs is 3. The highest BCUT2D eigenvalue weighted by Crippen LogP contribution is 2.48. The number of amides is 2. The molecule has 0 radical (unpaired) electrons. The van der Waals surface area contributed by atoms with Crippen LogP contribution in [0.2, 0.25) is 0 Å². The van der Waals surface area contributed by atoms with Gasteiger partial charge in [0.25, 0.3) is 11.8 Å². The van der Waals surface area contributed by atoms with E-state index in [1.165, 1.54) is 0 Å². The molecule has 0 fully saturated rings. The van der Waals surface area contributed by atoms with Gasteiger partial charge >= 0.3 is 0 Å². The molecule has 0 saturated heterocycles. The molecule has 29 heavy (non-hydrogen) atoms. The average molecular weight is 385 g/mol. The fourth-order valence-corrected chi connectivity index (χ4v) is 4.21. The van der Waals surface area contributed by atoms with Gasteiger partial charge in [0.05, 0.1) is 24.1 Å². The van der Waals surface area contributed by atoms with E-state index in [0.717, 1.165) is 11.3 Å². The van der Waals surface area contributed by atoms with Gasteiger partial charge in [-0.1, -0.05) is 36.4 Å². The van der Waals surface area contributed by atoms with Crippen molar-refractivity contribution in [2.45, 2.75) is 12.2 Å². The van der Waals surface area contributed by atoms with Crippen molar-refractivity contribution in [3.05, 3.63) is 96.5 Å². The van der Waals surface area contributed by atoms with E-state index in [-0.39, 0.29) is 18.4 Å².